The smallest absolute Gasteiger partial charge is 0.138 e. The maximum Gasteiger partial charge on any atom is 0.138 e. The van der Waals surface area contributed by atoms with Gasteiger partial charge in [-0.2, -0.15) is 0 Å². The van der Waals surface area contributed by atoms with Crippen LogP contribution in [0.2, 0.25) is 5.02 Å². The largest absolute Gasteiger partial charge is 0.492 e. The van der Waals surface area contributed by atoms with E-state index in [0.29, 0.717) is 24.2 Å². The minimum Gasteiger partial charge on any atom is -0.492 e. The summed E-state index contributed by atoms with van der Waals surface area (Å²) in [6, 6.07) is 6.17. The molecule has 3 nitrogen and oxygen atoms in total. The van der Waals surface area contributed by atoms with Crippen LogP contribution in [0, 0.1) is 5.92 Å². The summed E-state index contributed by atoms with van der Waals surface area (Å²) in [7, 11) is 1.69. The van der Waals surface area contributed by atoms with E-state index in [0.717, 1.165) is 25.0 Å². The highest BCUT2D eigenvalue weighted by Gasteiger charge is 2.13. The molecule has 2 N–H and O–H groups in total. The number of rotatable bonds is 9. The van der Waals surface area contributed by atoms with Crippen LogP contribution < -0.4 is 10.5 Å². The summed E-state index contributed by atoms with van der Waals surface area (Å²) in [5, 5.41) is 0.653. The molecule has 0 aliphatic heterocycles. The number of ether oxygens (including phenoxy) is 2. The van der Waals surface area contributed by atoms with E-state index in [1.165, 1.54) is 5.56 Å². The first-order valence-corrected chi connectivity index (χ1v) is 7.62. The summed E-state index contributed by atoms with van der Waals surface area (Å²) in [6.07, 6.45) is 2.89. The summed E-state index contributed by atoms with van der Waals surface area (Å²) < 4.78 is 10.7. The van der Waals surface area contributed by atoms with Crippen molar-refractivity contribution in [2.24, 2.45) is 11.7 Å². The van der Waals surface area contributed by atoms with Gasteiger partial charge in [-0.05, 0) is 37.0 Å². The highest BCUT2D eigenvalue weighted by molar-refractivity contribution is 6.32. The highest BCUT2D eigenvalue weighted by Crippen LogP contribution is 2.27. The second kappa shape index (κ2) is 9.22. The van der Waals surface area contributed by atoms with Gasteiger partial charge in [-0.15, -0.1) is 0 Å². The van der Waals surface area contributed by atoms with E-state index in [-0.39, 0.29) is 6.04 Å². The van der Waals surface area contributed by atoms with Crippen molar-refractivity contribution in [3.05, 3.63) is 28.8 Å². The zero-order chi connectivity index (χ0) is 15.0. The van der Waals surface area contributed by atoms with E-state index in [4.69, 9.17) is 26.8 Å². The van der Waals surface area contributed by atoms with Crippen molar-refractivity contribution in [1.29, 1.82) is 0 Å². The summed E-state index contributed by atoms with van der Waals surface area (Å²) in [6.45, 7) is 5.54. The van der Waals surface area contributed by atoms with Crippen molar-refractivity contribution >= 4 is 11.6 Å². The van der Waals surface area contributed by atoms with E-state index in [2.05, 4.69) is 19.9 Å². The number of halogens is 1. The van der Waals surface area contributed by atoms with Crippen LogP contribution in [0.1, 0.15) is 32.3 Å². The number of nitrogens with two attached hydrogens (primary N) is 1. The van der Waals surface area contributed by atoms with Crippen molar-refractivity contribution in [3.8, 4) is 5.75 Å². The lowest BCUT2D eigenvalue weighted by Gasteiger charge is -2.19. The topological polar surface area (TPSA) is 44.5 Å². The molecule has 0 saturated heterocycles. The normalized spacial score (nSPS) is 14.1. The van der Waals surface area contributed by atoms with Crippen LogP contribution in [0.3, 0.4) is 0 Å². The predicted molar refractivity (Wildman–Crippen MR) is 84.6 cm³/mol. The number of methoxy groups -OCH3 is 1. The molecule has 1 aromatic carbocycles. The molecule has 20 heavy (non-hydrogen) atoms. The van der Waals surface area contributed by atoms with Crippen LogP contribution in [0.25, 0.3) is 0 Å². The molecule has 0 bridgehead atoms. The summed E-state index contributed by atoms with van der Waals surface area (Å²) in [5.41, 5.74) is 7.23. The molecule has 0 aliphatic rings. The van der Waals surface area contributed by atoms with Gasteiger partial charge in [-0.1, -0.05) is 31.0 Å². The Morgan fingerprint density at radius 1 is 1.30 bits per heavy atom. The van der Waals surface area contributed by atoms with Crippen molar-refractivity contribution in [3.63, 3.8) is 0 Å². The third-order valence-corrected chi connectivity index (χ3v) is 3.82. The third kappa shape index (κ3) is 5.70. The number of hydrogen-bond donors (Lipinski definition) is 1. The highest BCUT2D eigenvalue weighted by atomic mass is 35.5. The Bertz CT molecular complexity index is 396. The van der Waals surface area contributed by atoms with Gasteiger partial charge in [0.1, 0.15) is 5.75 Å². The molecule has 0 aliphatic carbocycles. The average Bonchev–Trinajstić information content (AvgIpc) is 2.43. The Morgan fingerprint density at radius 3 is 2.65 bits per heavy atom. The van der Waals surface area contributed by atoms with Gasteiger partial charge < -0.3 is 15.2 Å². The van der Waals surface area contributed by atoms with Crippen LogP contribution in [-0.2, 0) is 11.2 Å². The average molecular weight is 300 g/mol. The molecule has 1 aromatic rings. The van der Waals surface area contributed by atoms with Gasteiger partial charge in [-0.25, -0.2) is 0 Å². The fraction of sp³-hybridized carbons (Fsp3) is 0.625. The van der Waals surface area contributed by atoms with Gasteiger partial charge in [0.2, 0.25) is 0 Å². The van der Waals surface area contributed by atoms with Crippen LogP contribution >= 0.6 is 11.6 Å². The first-order valence-electron chi connectivity index (χ1n) is 7.24. The van der Waals surface area contributed by atoms with Gasteiger partial charge >= 0.3 is 0 Å². The second-order valence-electron chi connectivity index (χ2n) is 5.19. The lowest BCUT2D eigenvalue weighted by atomic mass is 9.91. The molecule has 0 heterocycles. The van der Waals surface area contributed by atoms with E-state index in [1.54, 1.807) is 7.11 Å². The van der Waals surface area contributed by atoms with Crippen LogP contribution in [0.5, 0.6) is 5.75 Å². The Hall–Kier alpha value is -0.770. The SMILES string of the molecule is CCC(Cc1ccc(Cl)c(OCCCOC)c1)C(C)N. The minimum absolute atomic E-state index is 0.196. The molecule has 4 heteroatoms. The first kappa shape index (κ1) is 17.3. The lowest BCUT2D eigenvalue weighted by molar-refractivity contribution is 0.172. The zero-order valence-corrected chi connectivity index (χ0v) is 13.5. The lowest BCUT2D eigenvalue weighted by Crippen LogP contribution is -2.27. The van der Waals surface area contributed by atoms with Gasteiger partial charge in [0, 0.05) is 26.2 Å². The molecule has 2 atom stereocenters. The van der Waals surface area contributed by atoms with Crippen molar-refractivity contribution in [1.82, 2.24) is 0 Å². The van der Waals surface area contributed by atoms with Crippen molar-refractivity contribution in [2.45, 2.75) is 39.2 Å². The van der Waals surface area contributed by atoms with Crippen LogP contribution in [-0.4, -0.2) is 26.4 Å². The first-order chi connectivity index (χ1) is 9.58. The Kier molecular flexibility index (Phi) is 7.97. The third-order valence-electron chi connectivity index (χ3n) is 3.51. The zero-order valence-electron chi connectivity index (χ0n) is 12.7. The number of hydrogen-bond acceptors (Lipinski definition) is 3. The van der Waals surface area contributed by atoms with Crippen LogP contribution in [0.15, 0.2) is 18.2 Å². The summed E-state index contributed by atoms with van der Waals surface area (Å²) >= 11 is 6.16. The molecule has 2 unspecified atom stereocenters. The fourth-order valence-electron chi connectivity index (χ4n) is 2.18. The maximum atomic E-state index is 6.16. The Morgan fingerprint density at radius 2 is 2.05 bits per heavy atom. The van der Waals surface area contributed by atoms with Crippen LogP contribution in [0.4, 0.5) is 0 Å². The van der Waals surface area contributed by atoms with Gasteiger partial charge in [0.25, 0.3) is 0 Å². The van der Waals surface area contributed by atoms with Gasteiger partial charge in [-0.3, -0.25) is 0 Å². The maximum absolute atomic E-state index is 6.16. The predicted octanol–water partition coefficient (Wildman–Crippen LogP) is 3.67. The molecule has 0 spiro atoms. The summed E-state index contributed by atoms with van der Waals surface area (Å²) in [5.74, 6) is 1.23. The van der Waals surface area contributed by atoms with Gasteiger partial charge in [0.15, 0.2) is 0 Å². The molecular formula is C16H26ClNO2. The Balaban J connectivity index is 2.65. The molecule has 0 fully saturated rings. The monoisotopic (exact) mass is 299 g/mol. The second-order valence-corrected chi connectivity index (χ2v) is 5.60. The quantitative estimate of drug-likeness (QED) is 0.708. The van der Waals surface area contributed by atoms with Crippen molar-refractivity contribution in [2.75, 3.05) is 20.3 Å². The molecule has 0 amide bonds. The molecule has 114 valence electrons. The van der Waals surface area contributed by atoms with E-state index < -0.39 is 0 Å². The Labute approximate surface area is 127 Å². The fourth-order valence-corrected chi connectivity index (χ4v) is 2.35. The summed E-state index contributed by atoms with van der Waals surface area (Å²) in [4.78, 5) is 0. The molecule has 0 aromatic heterocycles. The molecule has 0 radical (unpaired) electrons. The standard InChI is InChI=1S/C16H26ClNO2/c1-4-14(12(2)18)10-13-6-7-15(17)16(11-13)20-9-5-8-19-3/h6-7,11-12,14H,4-5,8-10,18H2,1-3H3. The van der Waals surface area contributed by atoms with E-state index in [1.807, 2.05) is 12.1 Å². The van der Waals surface area contributed by atoms with Crippen molar-refractivity contribution < 1.29 is 9.47 Å². The molecule has 0 saturated carbocycles. The molecular weight excluding hydrogens is 274 g/mol. The van der Waals surface area contributed by atoms with Gasteiger partial charge in [0.05, 0.1) is 11.6 Å². The van der Waals surface area contributed by atoms with E-state index in [9.17, 15) is 0 Å². The van der Waals surface area contributed by atoms with E-state index >= 15 is 0 Å². The number of benzene rings is 1. The molecule has 1 rings (SSSR count). The minimum atomic E-state index is 0.196.